The highest BCUT2D eigenvalue weighted by atomic mass is 35.5. The molecule has 0 saturated carbocycles. The van der Waals surface area contributed by atoms with Gasteiger partial charge in [0.1, 0.15) is 0 Å². The van der Waals surface area contributed by atoms with Gasteiger partial charge in [-0.15, -0.1) is 12.4 Å². The van der Waals surface area contributed by atoms with E-state index >= 15 is 0 Å². The monoisotopic (exact) mass is 321 g/mol. The highest BCUT2D eigenvalue weighted by Gasteiger charge is 2.32. The molecule has 0 aliphatic carbocycles. The highest BCUT2D eigenvalue weighted by molar-refractivity contribution is 7.89. The Labute approximate surface area is 123 Å². The summed E-state index contributed by atoms with van der Waals surface area (Å²) in [6.07, 6.45) is 0.604. The molecule has 0 bridgehead atoms. The number of hydrogen-bond acceptors (Lipinski definition) is 5. The summed E-state index contributed by atoms with van der Waals surface area (Å²) in [6.45, 7) is 2.18. The lowest BCUT2D eigenvalue weighted by molar-refractivity contribution is -0.385. The number of aryl methyl sites for hydroxylation is 1. The fourth-order valence-corrected chi connectivity index (χ4v) is 3.60. The van der Waals surface area contributed by atoms with Gasteiger partial charge < -0.3 is 5.73 Å². The summed E-state index contributed by atoms with van der Waals surface area (Å²) in [5, 5.41) is 10.9. The van der Waals surface area contributed by atoms with Crippen LogP contribution in [0.2, 0.25) is 0 Å². The zero-order chi connectivity index (χ0) is 14.2. The maximum Gasteiger partial charge on any atom is 0.273 e. The number of benzene rings is 1. The van der Waals surface area contributed by atoms with Gasteiger partial charge in [-0.25, -0.2) is 8.42 Å². The normalized spacial score (nSPS) is 19.6. The fourth-order valence-electron chi connectivity index (χ4n) is 2.07. The first kappa shape index (κ1) is 16.8. The van der Waals surface area contributed by atoms with Gasteiger partial charge in [0.2, 0.25) is 10.0 Å². The van der Waals surface area contributed by atoms with E-state index in [0.29, 0.717) is 18.5 Å². The average molecular weight is 322 g/mol. The van der Waals surface area contributed by atoms with Crippen LogP contribution in [-0.2, 0) is 10.0 Å². The molecule has 9 heteroatoms. The van der Waals surface area contributed by atoms with Crippen molar-refractivity contribution < 1.29 is 13.3 Å². The first-order valence-electron chi connectivity index (χ1n) is 5.83. The SMILES string of the molecule is Cc1ccc(S(=O)(=O)N2CC[C@@H](N)C2)cc1[N+](=O)[O-].Cl. The molecule has 0 amide bonds. The van der Waals surface area contributed by atoms with E-state index in [1.54, 1.807) is 6.92 Å². The molecule has 20 heavy (non-hydrogen) atoms. The van der Waals surface area contributed by atoms with Crippen LogP contribution in [0, 0.1) is 17.0 Å². The van der Waals surface area contributed by atoms with Crippen molar-refractivity contribution in [2.45, 2.75) is 24.3 Å². The Hall–Kier alpha value is -1.22. The second-order valence-corrected chi connectivity index (χ2v) is 6.56. The van der Waals surface area contributed by atoms with Crippen molar-refractivity contribution in [1.29, 1.82) is 0 Å². The van der Waals surface area contributed by atoms with Gasteiger partial charge in [-0.1, -0.05) is 6.07 Å². The average Bonchev–Trinajstić information content (AvgIpc) is 2.76. The van der Waals surface area contributed by atoms with Crippen molar-refractivity contribution in [2.24, 2.45) is 5.73 Å². The summed E-state index contributed by atoms with van der Waals surface area (Å²) in [4.78, 5) is 10.2. The van der Waals surface area contributed by atoms with Crippen LogP contribution in [0.3, 0.4) is 0 Å². The Morgan fingerprint density at radius 3 is 2.60 bits per heavy atom. The van der Waals surface area contributed by atoms with Gasteiger partial charge in [-0.05, 0) is 19.4 Å². The molecular formula is C11H16ClN3O4S. The molecule has 2 N–H and O–H groups in total. The predicted molar refractivity (Wildman–Crippen MR) is 76.4 cm³/mol. The standard InChI is InChI=1S/C11H15N3O4S.ClH/c1-8-2-3-10(6-11(8)14(15)16)19(17,18)13-5-4-9(12)7-13;/h2-3,6,9H,4-5,7,12H2,1H3;1H/t9-;/m1./s1. The van der Waals surface area contributed by atoms with Crippen LogP contribution in [-0.4, -0.2) is 36.8 Å². The minimum atomic E-state index is -3.70. The smallest absolute Gasteiger partial charge is 0.273 e. The van der Waals surface area contributed by atoms with E-state index in [1.807, 2.05) is 0 Å². The summed E-state index contributed by atoms with van der Waals surface area (Å²) in [6, 6.07) is 3.77. The predicted octanol–water partition coefficient (Wildman–Crippen LogP) is 1.05. The second-order valence-electron chi connectivity index (χ2n) is 4.62. The molecular weight excluding hydrogens is 306 g/mol. The van der Waals surface area contributed by atoms with Crippen LogP contribution in [0.5, 0.6) is 0 Å². The highest BCUT2D eigenvalue weighted by Crippen LogP contribution is 2.26. The molecule has 7 nitrogen and oxygen atoms in total. The minimum Gasteiger partial charge on any atom is -0.326 e. The molecule has 1 saturated heterocycles. The molecule has 1 aliphatic heterocycles. The van der Waals surface area contributed by atoms with Crippen molar-refractivity contribution >= 4 is 28.1 Å². The van der Waals surface area contributed by atoms with Gasteiger partial charge in [0.15, 0.2) is 0 Å². The maximum atomic E-state index is 12.3. The molecule has 0 radical (unpaired) electrons. The molecule has 2 rings (SSSR count). The van der Waals surface area contributed by atoms with Crippen molar-refractivity contribution in [3.05, 3.63) is 33.9 Å². The largest absolute Gasteiger partial charge is 0.326 e. The lowest BCUT2D eigenvalue weighted by atomic mass is 10.2. The molecule has 1 fully saturated rings. The Morgan fingerprint density at radius 1 is 1.45 bits per heavy atom. The summed E-state index contributed by atoms with van der Waals surface area (Å²) < 4.78 is 25.9. The molecule has 1 aromatic rings. The summed E-state index contributed by atoms with van der Waals surface area (Å²) in [7, 11) is -3.70. The Balaban J connectivity index is 0.00000200. The van der Waals surface area contributed by atoms with Crippen LogP contribution in [0.25, 0.3) is 0 Å². The molecule has 1 aromatic carbocycles. The zero-order valence-electron chi connectivity index (χ0n) is 10.9. The Morgan fingerprint density at radius 2 is 2.10 bits per heavy atom. The molecule has 112 valence electrons. The Bertz CT molecular complexity index is 620. The number of nitro benzene ring substituents is 1. The van der Waals surface area contributed by atoms with E-state index in [2.05, 4.69) is 0 Å². The van der Waals surface area contributed by atoms with Crippen LogP contribution >= 0.6 is 12.4 Å². The topological polar surface area (TPSA) is 107 Å². The summed E-state index contributed by atoms with van der Waals surface area (Å²) >= 11 is 0. The first-order valence-corrected chi connectivity index (χ1v) is 7.27. The van der Waals surface area contributed by atoms with Gasteiger partial charge in [0, 0.05) is 30.8 Å². The van der Waals surface area contributed by atoms with Crippen molar-refractivity contribution in [3.63, 3.8) is 0 Å². The third-order valence-corrected chi connectivity index (χ3v) is 5.06. The lowest BCUT2D eigenvalue weighted by Crippen LogP contribution is -2.32. The maximum absolute atomic E-state index is 12.3. The van der Waals surface area contributed by atoms with Gasteiger partial charge in [-0.2, -0.15) is 4.31 Å². The third-order valence-electron chi connectivity index (χ3n) is 3.20. The van der Waals surface area contributed by atoms with Crippen molar-refractivity contribution in [3.8, 4) is 0 Å². The van der Waals surface area contributed by atoms with E-state index in [1.165, 1.54) is 16.4 Å². The van der Waals surface area contributed by atoms with Gasteiger partial charge in [0.25, 0.3) is 5.69 Å². The fraction of sp³-hybridized carbons (Fsp3) is 0.455. The number of rotatable bonds is 3. The van der Waals surface area contributed by atoms with E-state index in [4.69, 9.17) is 5.73 Å². The minimum absolute atomic E-state index is 0. The van der Waals surface area contributed by atoms with Crippen LogP contribution in [0.15, 0.2) is 23.1 Å². The third kappa shape index (κ3) is 3.09. The van der Waals surface area contributed by atoms with Crippen molar-refractivity contribution in [1.82, 2.24) is 4.31 Å². The van der Waals surface area contributed by atoms with E-state index < -0.39 is 14.9 Å². The number of sulfonamides is 1. The lowest BCUT2D eigenvalue weighted by Gasteiger charge is -2.15. The number of halogens is 1. The second kappa shape index (κ2) is 6.04. The van der Waals surface area contributed by atoms with Crippen LogP contribution in [0.4, 0.5) is 5.69 Å². The van der Waals surface area contributed by atoms with E-state index in [-0.39, 0.29) is 35.6 Å². The van der Waals surface area contributed by atoms with E-state index in [0.717, 1.165) is 6.07 Å². The van der Waals surface area contributed by atoms with Crippen molar-refractivity contribution in [2.75, 3.05) is 13.1 Å². The first-order chi connectivity index (χ1) is 8.82. The molecule has 0 spiro atoms. The van der Waals surface area contributed by atoms with E-state index in [9.17, 15) is 18.5 Å². The molecule has 1 aliphatic rings. The summed E-state index contributed by atoms with van der Waals surface area (Å²) in [5.74, 6) is 0. The van der Waals surface area contributed by atoms with Gasteiger partial charge in [-0.3, -0.25) is 10.1 Å². The van der Waals surface area contributed by atoms with Crippen LogP contribution in [0.1, 0.15) is 12.0 Å². The number of hydrogen-bond donors (Lipinski definition) is 1. The number of nitrogens with two attached hydrogens (primary N) is 1. The number of nitro groups is 1. The zero-order valence-corrected chi connectivity index (χ0v) is 12.5. The van der Waals surface area contributed by atoms with Crippen LogP contribution < -0.4 is 5.73 Å². The van der Waals surface area contributed by atoms with Gasteiger partial charge in [0.05, 0.1) is 9.82 Å². The molecule has 1 heterocycles. The summed E-state index contributed by atoms with van der Waals surface area (Å²) in [5.41, 5.74) is 5.93. The molecule has 0 aromatic heterocycles. The Kier molecular flexibility index (Phi) is 5.09. The quantitative estimate of drug-likeness (QED) is 0.661. The molecule has 0 unspecified atom stereocenters. The van der Waals surface area contributed by atoms with Gasteiger partial charge >= 0.3 is 0 Å². The number of nitrogens with zero attached hydrogens (tertiary/aromatic N) is 2. The molecule has 1 atom stereocenters.